The molecule has 0 saturated heterocycles. The predicted octanol–water partition coefficient (Wildman–Crippen LogP) is 1.14. The van der Waals surface area contributed by atoms with Gasteiger partial charge < -0.3 is 9.84 Å². The highest BCUT2D eigenvalue weighted by molar-refractivity contribution is 5.86. The molecule has 6 heteroatoms. The average Bonchev–Trinajstić information content (AvgIpc) is 2.62. The molecule has 1 rings (SSSR count). The fraction of sp³-hybridized carbons (Fsp3) is 0.700. The highest BCUT2D eigenvalue weighted by atomic mass is 16.5. The van der Waals surface area contributed by atoms with Crippen molar-refractivity contribution in [1.82, 2.24) is 15.0 Å². The Morgan fingerprint density at radius 3 is 2.81 bits per heavy atom. The van der Waals surface area contributed by atoms with Gasteiger partial charge in [-0.15, -0.1) is 5.10 Å². The van der Waals surface area contributed by atoms with Crippen molar-refractivity contribution in [2.24, 2.45) is 0 Å². The zero-order valence-electron chi connectivity index (χ0n) is 9.80. The number of rotatable bonds is 6. The van der Waals surface area contributed by atoms with Crippen molar-refractivity contribution in [3.8, 4) is 0 Å². The number of ether oxygens (including phenoxy) is 1. The third-order valence-electron chi connectivity index (χ3n) is 2.31. The smallest absolute Gasteiger partial charge is 0.358 e. The van der Waals surface area contributed by atoms with E-state index in [0.29, 0.717) is 18.7 Å². The van der Waals surface area contributed by atoms with Crippen LogP contribution in [0, 0.1) is 0 Å². The zero-order chi connectivity index (χ0) is 12.1. The van der Waals surface area contributed by atoms with E-state index in [1.165, 1.54) is 0 Å². The van der Waals surface area contributed by atoms with Gasteiger partial charge in [0.25, 0.3) is 0 Å². The number of carbonyl (C=O) groups is 1. The summed E-state index contributed by atoms with van der Waals surface area (Å²) >= 11 is 0. The van der Waals surface area contributed by atoms with Crippen molar-refractivity contribution >= 4 is 5.97 Å². The summed E-state index contributed by atoms with van der Waals surface area (Å²) in [5.74, 6) is -1.03. The Bertz CT molecular complexity index is 362. The molecular weight excluding hydrogens is 210 g/mol. The molecule has 1 aromatic rings. The van der Waals surface area contributed by atoms with E-state index in [0.717, 1.165) is 6.42 Å². The summed E-state index contributed by atoms with van der Waals surface area (Å²) in [6, 6.07) is -0.00727. The normalized spacial score (nSPS) is 12.7. The van der Waals surface area contributed by atoms with Crippen molar-refractivity contribution in [2.75, 3.05) is 13.7 Å². The van der Waals surface area contributed by atoms with Gasteiger partial charge in [0.1, 0.15) is 0 Å². The molecule has 1 aromatic heterocycles. The third-order valence-corrected chi connectivity index (χ3v) is 2.31. The average molecular weight is 227 g/mol. The molecule has 0 saturated carbocycles. The van der Waals surface area contributed by atoms with Crippen LogP contribution in [-0.4, -0.2) is 39.8 Å². The SMILES string of the molecule is CCCc1c(C(=O)O)nnn1C(C)COC. The van der Waals surface area contributed by atoms with Crippen LogP contribution in [0.1, 0.15) is 42.5 Å². The molecule has 1 heterocycles. The summed E-state index contributed by atoms with van der Waals surface area (Å²) in [6.45, 7) is 4.39. The Balaban J connectivity index is 3.04. The summed E-state index contributed by atoms with van der Waals surface area (Å²) in [4.78, 5) is 10.9. The molecule has 0 aliphatic carbocycles. The number of carboxylic acid groups (broad SMARTS) is 1. The number of hydrogen-bond donors (Lipinski definition) is 1. The molecule has 0 aromatic carbocycles. The number of hydrogen-bond acceptors (Lipinski definition) is 4. The van der Waals surface area contributed by atoms with Crippen molar-refractivity contribution in [1.29, 1.82) is 0 Å². The van der Waals surface area contributed by atoms with Crippen LogP contribution < -0.4 is 0 Å². The molecule has 1 unspecified atom stereocenters. The van der Waals surface area contributed by atoms with Crippen LogP contribution in [-0.2, 0) is 11.2 Å². The maximum atomic E-state index is 10.9. The largest absolute Gasteiger partial charge is 0.476 e. The Kier molecular flexibility index (Phi) is 4.42. The minimum Gasteiger partial charge on any atom is -0.476 e. The minimum atomic E-state index is -1.03. The van der Waals surface area contributed by atoms with E-state index in [1.807, 2.05) is 13.8 Å². The van der Waals surface area contributed by atoms with Gasteiger partial charge >= 0.3 is 5.97 Å². The second-order valence-corrected chi connectivity index (χ2v) is 3.69. The fourth-order valence-corrected chi connectivity index (χ4v) is 1.62. The van der Waals surface area contributed by atoms with Crippen molar-refractivity contribution in [2.45, 2.75) is 32.7 Å². The number of carboxylic acids is 1. The molecule has 0 amide bonds. The van der Waals surface area contributed by atoms with Crippen molar-refractivity contribution < 1.29 is 14.6 Å². The second-order valence-electron chi connectivity index (χ2n) is 3.69. The molecule has 16 heavy (non-hydrogen) atoms. The molecule has 6 nitrogen and oxygen atoms in total. The first-order valence-corrected chi connectivity index (χ1v) is 5.28. The van der Waals surface area contributed by atoms with Crippen LogP contribution in [0.25, 0.3) is 0 Å². The fourth-order valence-electron chi connectivity index (χ4n) is 1.62. The van der Waals surface area contributed by atoms with Gasteiger partial charge in [0.05, 0.1) is 18.3 Å². The molecule has 1 atom stereocenters. The lowest BCUT2D eigenvalue weighted by atomic mass is 10.2. The van der Waals surface area contributed by atoms with Gasteiger partial charge in [-0.2, -0.15) is 0 Å². The Hall–Kier alpha value is -1.43. The van der Waals surface area contributed by atoms with Gasteiger partial charge in [0.15, 0.2) is 5.69 Å². The number of nitrogens with zero attached hydrogens (tertiary/aromatic N) is 3. The van der Waals surface area contributed by atoms with E-state index in [1.54, 1.807) is 11.8 Å². The lowest BCUT2D eigenvalue weighted by Crippen LogP contribution is -2.16. The number of aromatic carboxylic acids is 1. The number of methoxy groups -OCH3 is 1. The Morgan fingerprint density at radius 2 is 2.31 bits per heavy atom. The van der Waals surface area contributed by atoms with E-state index in [-0.39, 0.29) is 11.7 Å². The molecule has 0 bridgehead atoms. The Labute approximate surface area is 94.2 Å². The summed E-state index contributed by atoms with van der Waals surface area (Å²) in [5, 5.41) is 16.5. The van der Waals surface area contributed by atoms with Gasteiger partial charge in [-0.25, -0.2) is 9.48 Å². The van der Waals surface area contributed by atoms with Crippen LogP contribution in [0.4, 0.5) is 0 Å². The summed E-state index contributed by atoms with van der Waals surface area (Å²) in [6.07, 6.45) is 1.51. The summed E-state index contributed by atoms with van der Waals surface area (Å²) in [7, 11) is 1.60. The molecule has 0 radical (unpaired) electrons. The van der Waals surface area contributed by atoms with Crippen LogP contribution in [0.15, 0.2) is 0 Å². The predicted molar refractivity (Wildman–Crippen MR) is 57.6 cm³/mol. The molecule has 0 aliphatic rings. The van der Waals surface area contributed by atoms with Crippen LogP contribution in [0.5, 0.6) is 0 Å². The zero-order valence-corrected chi connectivity index (χ0v) is 9.80. The minimum absolute atomic E-state index is 0.00727. The van der Waals surface area contributed by atoms with Crippen molar-refractivity contribution in [3.05, 3.63) is 11.4 Å². The second kappa shape index (κ2) is 5.60. The van der Waals surface area contributed by atoms with Gasteiger partial charge in [-0.05, 0) is 13.3 Å². The maximum absolute atomic E-state index is 10.9. The highest BCUT2D eigenvalue weighted by Crippen LogP contribution is 2.14. The summed E-state index contributed by atoms with van der Waals surface area (Å²) < 4.78 is 6.66. The van der Waals surface area contributed by atoms with E-state index in [4.69, 9.17) is 9.84 Å². The molecular formula is C10H17N3O3. The van der Waals surface area contributed by atoms with Crippen LogP contribution >= 0.6 is 0 Å². The van der Waals surface area contributed by atoms with E-state index in [2.05, 4.69) is 10.3 Å². The Morgan fingerprint density at radius 1 is 1.62 bits per heavy atom. The molecule has 90 valence electrons. The molecule has 0 fully saturated rings. The van der Waals surface area contributed by atoms with Gasteiger partial charge in [0.2, 0.25) is 0 Å². The lowest BCUT2D eigenvalue weighted by molar-refractivity contribution is 0.0689. The maximum Gasteiger partial charge on any atom is 0.358 e. The lowest BCUT2D eigenvalue weighted by Gasteiger charge is -2.13. The van der Waals surface area contributed by atoms with Gasteiger partial charge in [-0.3, -0.25) is 0 Å². The van der Waals surface area contributed by atoms with Crippen LogP contribution in [0.3, 0.4) is 0 Å². The van der Waals surface area contributed by atoms with E-state index >= 15 is 0 Å². The van der Waals surface area contributed by atoms with Gasteiger partial charge in [0, 0.05) is 7.11 Å². The first-order valence-electron chi connectivity index (χ1n) is 5.28. The molecule has 0 aliphatic heterocycles. The number of aromatic nitrogens is 3. The topological polar surface area (TPSA) is 77.2 Å². The van der Waals surface area contributed by atoms with Crippen LogP contribution in [0.2, 0.25) is 0 Å². The first kappa shape index (κ1) is 12.6. The standard InChI is InChI=1S/C10H17N3O3/c1-4-5-8-9(10(14)15)11-12-13(8)7(2)6-16-3/h7H,4-6H2,1-3H3,(H,14,15). The highest BCUT2D eigenvalue weighted by Gasteiger charge is 2.20. The third kappa shape index (κ3) is 2.57. The van der Waals surface area contributed by atoms with Gasteiger partial charge in [-0.1, -0.05) is 18.6 Å². The first-order chi connectivity index (χ1) is 7.61. The van der Waals surface area contributed by atoms with Crippen molar-refractivity contribution in [3.63, 3.8) is 0 Å². The quantitative estimate of drug-likeness (QED) is 0.788. The molecule has 1 N–H and O–H groups in total. The molecule has 0 spiro atoms. The van der Waals surface area contributed by atoms with E-state index in [9.17, 15) is 4.79 Å². The summed E-state index contributed by atoms with van der Waals surface area (Å²) in [5.41, 5.74) is 0.712. The van der Waals surface area contributed by atoms with E-state index < -0.39 is 5.97 Å². The monoisotopic (exact) mass is 227 g/mol.